The number of nitrogens with zero attached hydrogens (tertiary/aromatic N) is 2. The van der Waals surface area contributed by atoms with Crippen LogP contribution in [0.2, 0.25) is 0 Å². The van der Waals surface area contributed by atoms with Gasteiger partial charge in [-0.2, -0.15) is 0 Å². The Labute approximate surface area is 89.1 Å². The number of rotatable bonds is 4. The summed E-state index contributed by atoms with van der Waals surface area (Å²) in [6.07, 6.45) is 5.90. The van der Waals surface area contributed by atoms with Gasteiger partial charge in [0.25, 0.3) is 0 Å². The van der Waals surface area contributed by atoms with E-state index in [1.807, 2.05) is 28.8 Å². The monoisotopic (exact) mass is 208 g/mol. The van der Waals surface area contributed by atoms with Gasteiger partial charge in [-0.05, 0) is 24.5 Å². The topological polar surface area (TPSA) is 45.5 Å². The third kappa shape index (κ3) is 2.39. The second-order valence-corrected chi connectivity index (χ2v) is 4.09. The summed E-state index contributed by atoms with van der Waals surface area (Å²) in [4.78, 5) is 13.6. The summed E-state index contributed by atoms with van der Waals surface area (Å²) in [5, 5.41) is 8.88. The van der Waals surface area contributed by atoms with Crippen LogP contribution in [0.3, 0.4) is 0 Å². The number of hydrogen-bond acceptors (Lipinski definition) is 2. The van der Waals surface area contributed by atoms with Crippen molar-refractivity contribution in [3.05, 3.63) is 24.0 Å². The van der Waals surface area contributed by atoms with Crippen LogP contribution < -0.4 is 0 Å². The van der Waals surface area contributed by atoms with Gasteiger partial charge in [-0.3, -0.25) is 4.79 Å². The van der Waals surface area contributed by atoms with Gasteiger partial charge in [-0.1, -0.05) is 0 Å². The summed E-state index contributed by atoms with van der Waals surface area (Å²) in [6.45, 7) is 0.395. The number of amides is 1. The van der Waals surface area contributed by atoms with Crippen LogP contribution in [0.4, 0.5) is 0 Å². The summed E-state index contributed by atoms with van der Waals surface area (Å²) in [6, 6.07) is 2.29. The lowest BCUT2D eigenvalue weighted by Crippen LogP contribution is -2.31. The zero-order valence-electron chi connectivity index (χ0n) is 8.89. The van der Waals surface area contributed by atoms with Crippen molar-refractivity contribution in [2.24, 2.45) is 0 Å². The molecule has 0 aromatic carbocycles. The molecule has 15 heavy (non-hydrogen) atoms. The molecule has 4 heteroatoms. The van der Waals surface area contributed by atoms with Crippen LogP contribution >= 0.6 is 0 Å². The van der Waals surface area contributed by atoms with E-state index in [-0.39, 0.29) is 12.5 Å². The Morgan fingerprint density at radius 2 is 2.40 bits per heavy atom. The fraction of sp³-hybridized carbons (Fsp3) is 0.545. The fourth-order valence-corrected chi connectivity index (χ4v) is 1.62. The highest BCUT2D eigenvalue weighted by Crippen LogP contribution is 2.25. The highest BCUT2D eigenvalue weighted by Gasteiger charge is 2.29. The lowest BCUT2D eigenvalue weighted by atomic mass is 10.4. The smallest absolute Gasteiger partial charge is 0.242 e. The first kappa shape index (κ1) is 10.2. The van der Waals surface area contributed by atoms with E-state index in [4.69, 9.17) is 5.11 Å². The molecule has 1 amide bonds. The van der Waals surface area contributed by atoms with E-state index in [1.165, 1.54) is 0 Å². The third-order valence-electron chi connectivity index (χ3n) is 2.80. The first-order valence-electron chi connectivity index (χ1n) is 5.22. The van der Waals surface area contributed by atoms with Gasteiger partial charge < -0.3 is 14.6 Å². The van der Waals surface area contributed by atoms with Crippen LogP contribution in [-0.2, 0) is 17.9 Å². The minimum Gasteiger partial charge on any atom is -0.392 e. The van der Waals surface area contributed by atoms with Crippen LogP contribution in [0.1, 0.15) is 18.4 Å². The van der Waals surface area contributed by atoms with E-state index < -0.39 is 0 Å². The van der Waals surface area contributed by atoms with Crippen molar-refractivity contribution in [3.63, 3.8) is 0 Å². The van der Waals surface area contributed by atoms with Crippen molar-refractivity contribution >= 4 is 5.91 Å². The van der Waals surface area contributed by atoms with E-state index in [9.17, 15) is 4.79 Å². The van der Waals surface area contributed by atoms with Gasteiger partial charge in [-0.15, -0.1) is 0 Å². The van der Waals surface area contributed by atoms with Gasteiger partial charge in [-0.25, -0.2) is 0 Å². The van der Waals surface area contributed by atoms with Crippen molar-refractivity contribution < 1.29 is 9.90 Å². The molecule has 1 aromatic heterocycles. The van der Waals surface area contributed by atoms with Gasteiger partial charge in [0.05, 0.1) is 6.61 Å². The van der Waals surface area contributed by atoms with Gasteiger partial charge in [0.2, 0.25) is 5.91 Å². The van der Waals surface area contributed by atoms with Crippen molar-refractivity contribution in [2.45, 2.75) is 32.0 Å². The molecule has 1 aliphatic carbocycles. The van der Waals surface area contributed by atoms with Crippen LogP contribution in [0.5, 0.6) is 0 Å². The van der Waals surface area contributed by atoms with E-state index in [1.54, 1.807) is 6.20 Å². The highest BCUT2D eigenvalue weighted by molar-refractivity contribution is 5.76. The fourth-order valence-electron chi connectivity index (χ4n) is 1.62. The third-order valence-corrected chi connectivity index (χ3v) is 2.80. The summed E-state index contributed by atoms with van der Waals surface area (Å²) in [7, 11) is 1.86. The molecule has 1 aliphatic rings. The molecule has 0 spiro atoms. The maximum Gasteiger partial charge on any atom is 0.242 e. The highest BCUT2D eigenvalue weighted by atomic mass is 16.3. The van der Waals surface area contributed by atoms with Gasteiger partial charge in [0.1, 0.15) is 6.54 Å². The van der Waals surface area contributed by atoms with Crippen molar-refractivity contribution in [3.8, 4) is 0 Å². The first-order valence-corrected chi connectivity index (χ1v) is 5.22. The Balaban J connectivity index is 1.92. The predicted molar refractivity (Wildman–Crippen MR) is 56.1 cm³/mol. The molecule has 1 N–H and O–H groups in total. The van der Waals surface area contributed by atoms with Crippen LogP contribution in [0.15, 0.2) is 18.5 Å². The molecule has 1 saturated carbocycles. The largest absolute Gasteiger partial charge is 0.392 e. The minimum atomic E-state index is 0.0274. The van der Waals surface area contributed by atoms with Crippen molar-refractivity contribution in [2.75, 3.05) is 7.05 Å². The molecule has 1 heterocycles. The van der Waals surface area contributed by atoms with Crippen molar-refractivity contribution in [1.82, 2.24) is 9.47 Å². The second-order valence-electron chi connectivity index (χ2n) is 4.09. The molecule has 2 rings (SSSR count). The molecule has 1 fully saturated rings. The average molecular weight is 208 g/mol. The molecule has 0 bridgehead atoms. The number of aliphatic hydroxyl groups excluding tert-OH is 1. The summed E-state index contributed by atoms with van der Waals surface area (Å²) < 4.78 is 1.81. The van der Waals surface area contributed by atoms with Crippen LogP contribution in [0.25, 0.3) is 0 Å². The summed E-state index contributed by atoms with van der Waals surface area (Å²) in [5.74, 6) is 0.137. The van der Waals surface area contributed by atoms with Gasteiger partial charge >= 0.3 is 0 Å². The molecule has 1 aromatic rings. The first-order chi connectivity index (χ1) is 7.20. The SMILES string of the molecule is CN(C(=O)Cn1ccc(CO)c1)C1CC1. The quantitative estimate of drug-likeness (QED) is 0.787. The lowest BCUT2D eigenvalue weighted by molar-refractivity contribution is -0.131. The molecule has 0 unspecified atom stereocenters. The summed E-state index contributed by atoms with van der Waals surface area (Å²) >= 11 is 0. The van der Waals surface area contributed by atoms with Gasteiger partial charge in [0, 0.05) is 25.5 Å². The Hall–Kier alpha value is -1.29. The average Bonchev–Trinajstić information content (AvgIpc) is 2.98. The molecular formula is C11H16N2O2. The molecule has 82 valence electrons. The Kier molecular flexibility index (Phi) is 2.77. The van der Waals surface area contributed by atoms with Crippen LogP contribution in [-0.4, -0.2) is 33.6 Å². The zero-order valence-corrected chi connectivity index (χ0v) is 8.89. The van der Waals surface area contributed by atoms with E-state index in [2.05, 4.69) is 0 Å². The number of hydrogen-bond donors (Lipinski definition) is 1. The minimum absolute atomic E-state index is 0.0274. The number of carbonyl (C=O) groups excluding carboxylic acids is 1. The Morgan fingerprint density at radius 3 is 2.93 bits per heavy atom. The van der Waals surface area contributed by atoms with Crippen molar-refractivity contribution in [1.29, 1.82) is 0 Å². The molecule has 0 saturated heterocycles. The Morgan fingerprint density at radius 1 is 1.67 bits per heavy atom. The maximum absolute atomic E-state index is 11.7. The van der Waals surface area contributed by atoms with Gasteiger partial charge in [0.15, 0.2) is 0 Å². The van der Waals surface area contributed by atoms with E-state index >= 15 is 0 Å². The second kappa shape index (κ2) is 4.06. The molecule has 0 atom stereocenters. The molecule has 0 aliphatic heterocycles. The van der Waals surface area contributed by atoms with Crippen LogP contribution in [0, 0.1) is 0 Å². The number of aromatic nitrogens is 1. The Bertz CT molecular complexity index is 355. The zero-order chi connectivity index (χ0) is 10.8. The predicted octanol–water partition coefficient (Wildman–Crippen LogP) is 0.601. The number of likely N-dealkylation sites (N-methyl/N-ethyl adjacent to an activating group) is 1. The summed E-state index contributed by atoms with van der Waals surface area (Å²) in [5.41, 5.74) is 0.844. The van der Waals surface area contributed by atoms with E-state index in [0.29, 0.717) is 12.6 Å². The lowest BCUT2D eigenvalue weighted by Gasteiger charge is -2.16. The standard InChI is InChI=1S/C11H16N2O2/c1-12(10-2-3-10)11(15)7-13-5-4-9(6-13)8-14/h4-6,10,14H,2-3,7-8H2,1H3. The normalized spacial score (nSPS) is 15.3. The molecule has 4 nitrogen and oxygen atoms in total. The number of aliphatic hydroxyl groups is 1. The number of carbonyl (C=O) groups is 1. The van der Waals surface area contributed by atoms with E-state index in [0.717, 1.165) is 18.4 Å². The maximum atomic E-state index is 11.7. The molecular weight excluding hydrogens is 192 g/mol. The molecule has 0 radical (unpaired) electrons.